The summed E-state index contributed by atoms with van der Waals surface area (Å²) in [6.07, 6.45) is 3.56. The van der Waals surface area contributed by atoms with Gasteiger partial charge in [0.2, 0.25) is 0 Å². The highest BCUT2D eigenvalue weighted by Gasteiger charge is 2.20. The number of benzene rings is 9. The van der Waals surface area contributed by atoms with Crippen LogP contribution in [0.25, 0.3) is 127 Å². The average Bonchev–Trinajstić information content (AvgIpc) is 4.06. The van der Waals surface area contributed by atoms with Gasteiger partial charge in [0.05, 0.1) is 50.5 Å². The normalized spacial score (nSPS) is 11.8. The van der Waals surface area contributed by atoms with E-state index >= 15 is 0 Å². The molecule has 69 heavy (non-hydrogen) atoms. The zero-order chi connectivity index (χ0) is 45.4. The maximum Gasteiger partial charge on any atom is 0.138 e. The molecule has 9 aromatic carbocycles. The van der Waals surface area contributed by atoms with Crippen molar-refractivity contribution in [3.05, 3.63) is 243 Å². The molecule has 0 bridgehead atoms. The van der Waals surface area contributed by atoms with Crippen LogP contribution in [0.1, 0.15) is 0 Å². The zero-order valence-corrected chi connectivity index (χ0v) is 37.3. The molecule has 0 N–H and O–H groups in total. The summed E-state index contributed by atoms with van der Waals surface area (Å²) in [6.45, 7) is 0. The molecule has 5 heterocycles. The summed E-state index contributed by atoms with van der Waals surface area (Å²) in [5.74, 6) is 0.886. The van der Waals surface area contributed by atoms with E-state index in [0.29, 0.717) is 0 Å². The summed E-state index contributed by atoms with van der Waals surface area (Å²) in [6, 6.07) is 82.8. The van der Waals surface area contributed by atoms with Crippen molar-refractivity contribution in [1.29, 1.82) is 0 Å². The van der Waals surface area contributed by atoms with E-state index in [1.54, 1.807) is 6.33 Å². The summed E-state index contributed by atoms with van der Waals surface area (Å²) in [4.78, 5) is 14.6. The lowest BCUT2D eigenvalue weighted by molar-refractivity contribution is 1.08. The Balaban J connectivity index is 0.890. The molecule has 322 valence electrons. The van der Waals surface area contributed by atoms with Crippen molar-refractivity contribution in [2.24, 2.45) is 0 Å². The molecule has 0 saturated carbocycles. The molecule has 0 unspecified atom stereocenters. The molecule has 14 rings (SSSR count). The monoisotopic (exact) mass is 880 g/mol. The van der Waals surface area contributed by atoms with Gasteiger partial charge in [-0.25, -0.2) is 15.0 Å². The second-order valence-electron chi connectivity index (χ2n) is 17.7. The van der Waals surface area contributed by atoms with Gasteiger partial charge in [0.15, 0.2) is 0 Å². The molecule has 6 heteroatoms. The Morgan fingerprint density at radius 2 is 0.855 bits per heavy atom. The molecule has 0 aliphatic heterocycles. The van der Waals surface area contributed by atoms with E-state index in [1.165, 1.54) is 21.5 Å². The highest BCUT2D eigenvalue weighted by Crippen LogP contribution is 2.40. The number of hydrogen-bond donors (Lipinski definition) is 0. The van der Waals surface area contributed by atoms with Crippen molar-refractivity contribution >= 4 is 65.5 Å². The smallest absolute Gasteiger partial charge is 0.138 e. The lowest BCUT2D eigenvalue weighted by atomic mass is 9.97. The summed E-state index contributed by atoms with van der Waals surface area (Å²) in [7, 11) is 0. The van der Waals surface area contributed by atoms with Crippen molar-refractivity contribution in [1.82, 2.24) is 28.7 Å². The van der Waals surface area contributed by atoms with Crippen LogP contribution < -0.4 is 0 Å². The van der Waals surface area contributed by atoms with Gasteiger partial charge in [-0.1, -0.05) is 152 Å². The van der Waals surface area contributed by atoms with Crippen LogP contribution in [0, 0.1) is 0 Å². The van der Waals surface area contributed by atoms with Crippen LogP contribution in [0.4, 0.5) is 0 Å². The topological polar surface area (TPSA) is 53.5 Å². The Bertz CT molecular complexity index is 4240. The van der Waals surface area contributed by atoms with Gasteiger partial charge in [0.1, 0.15) is 12.1 Å². The highest BCUT2D eigenvalue weighted by atomic mass is 15.1. The summed E-state index contributed by atoms with van der Waals surface area (Å²) < 4.78 is 6.98. The molecule has 5 aromatic heterocycles. The van der Waals surface area contributed by atoms with E-state index < -0.39 is 0 Å². The van der Waals surface area contributed by atoms with Crippen LogP contribution in [0.5, 0.6) is 0 Å². The van der Waals surface area contributed by atoms with Crippen LogP contribution in [-0.4, -0.2) is 28.7 Å². The van der Waals surface area contributed by atoms with Gasteiger partial charge in [0, 0.05) is 43.9 Å². The molecule has 0 radical (unpaired) electrons. The summed E-state index contributed by atoms with van der Waals surface area (Å²) in [5, 5.41) is 5.88. The quantitative estimate of drug-likeness (QED) is 0.160. The fraction of sp³-hybridized carbons (Fsp3) is 0. The van der Waals surface area contributed by atoms with Gasteiger partial charge in [-0.3, -0.25) is 4.57 Å². The maximum atomic E-state index is 5.35. The SMILES string of the molecule is c1ccc(-c2cc(-c3ccccc3)nc(-n3c4ccccc4c4cc(-c5cccc(-c6ccc7c8ccccc8n(-c8ccc9c(c8)c8ncncc8n9-c8ccccc8)c7c6)c5)ccc43)c2)cc1. The van der Waals surface area contributed by atoms with E-state index in [1.807, 2.05) is 12.3 Å². The first-order valence-corrected chi connectivity index (χ1v) is 23.3. The minimum Gasteiger partial charge on any atom is -0.309 e. The molecule has 0 aliphatic rings. The lowest BCUT2D eigenvalue weighted by Crippen LogP contribution is -2.00. The fourth-order valence-corrected chi connectivity index (χ4v) is 10.6. The highest BCUT2D eigenvalue weighted by molar-refractivity contribution is 6.13. The average molecular weight is 881 g/mol. The van der Waals surface area contributed by atoms with Crippen LogP contribution >= 0.6 is 0 Å². The van der Waals surface area contributed by atoms with Crippen LogP contribution in [-0.2, 0) is 0 Å². The van der Waals surface area contributed by atoms with E-state index in [2.05, 4.69) is 243 Å². The van der Waals surface area contributed by atoms with Crippen molar-refractivity contribution in [3.63, 3.8) is 0 Å². The molecule has 0 amide bonds. The van der Waals surface area contributed by atoms with E-state index in [4.69, 9.17) is 9.97 Å². The van der Waals surface area contributed by atoms with Gasteiger partial charge in [-0.2, -0.15) is 0 Å². The Kier molecular flexibility index (Phi) is 8.79. The summed E-state index contributed by atoms with van der Waals surface area (Å²) >= 11 is 0. The molecule has 14 aromatic rings. The number of fused-ring (bicyclic) bond motifs is 9. The molecule has 0 fully saturated rings. The standard InChI is InChI=1S/C63H40N6/c1-4-15-41(16-5-1)47-35-55(42-17-6-2-7-18-42)66-62(37-47)69-57-26-13-11-24-51(57)53-34-45(28-31-58(53)69)43-19-14-20-44(33-43)46-27-30-52-50-23-10-12-25-56(50)68(60(52)36-46)49-29-32-59-54(38-49)63-61(39-64-40-65-63)67(59)48-21-8-3-9-22-48/h1-40H. The number of nitrogens with zero attached hydrogens (tertiary/aromatic N) is 6. The fourth-order valence-electron chi connectivity index (χ4n) is 10.6. The number of rotatable bonds is 7. The van der Waals surface area contributed by atoms with Gasteiger partial charge in [-0.15, -0.1) is 0 Å². The molecular formula is C63H40N6. The van der Waals surface area contributed by atoms with Gasteiger partial charge < -0.3 is 9.13 Å². The van der Waals surface area contributed by atoms with Crippen molar-refractivity contribution in [2.75, 3.05) is 0 Å². The molecule has 0 spiro atoms. The first kappa shape index (κ1) is 38.8. The minimum absolute atomic E-state index is 0.886. The first-order valence-electron chi connectivity index (χ1n) is 23.3. The molecular weight excluding hydrogens is 841 g/mol. The molecule has 6 nitrogen and oxygen atoms in total. The number of para-hydroxylation sites is 3. The number of pyridine rings is 1. The third-order valence-electron chi connectivity index (χ3n) is 13.8. The maximum absolute atomic E-state index is 5.35. The van der Waals surface area contributed by atoms with E-state index in [-0.39, 0.29) is 0 Å². The Hall–Kier alpha value is -9.39. The third kappa shape index (κ3) is 6.30. The molecule has 0 aliphatic carbocycles. The third-order valence-corrected chi connectivity index (χ3v) is 13.8. The Morgan fingerprint density at radius 3 is 1.64 bits per heavy atom. The predicted molar refractivity (Wildman–Crippen MR) is 285 cm³/mol. The minimum atomic E-state index is 0.886. The van der Waals surface area contributed by atoms with E-state index in [9.17, 15) is 0 Å². The first-order chi connectivity index (χ1) is 34.2. The zero-order valence-electron chi connectivity index (χ0n) is 37.3. The molecule has 0 saturated heterocycles. The molecule has 0 atom stereocenters. The van der Waals surface area contributed by atoms with Crippen molar-refractivity contribution in [3.8, 4) is 61.8 Å². The Morgan fingerprint density at radius 1 is 0.290 bits per heavy atom. The lowest BCUT2D eigenvalue weighted by Gasteiger charge is -2.13. The largest absolute Gasteiger partial charge is 0.309 e. The predicted octanol–water partition coefficient (Wildman–Crippen LogP) is 15.8. The number of aromatic nitrogens is 6. The second-order valence-corrected chi connectivity index (χ2v) is 17.7. The van der Waals surface area contributed by atoms with Crippen molar-refractivity contribution in [2.45, 2.75) is 0 Å². The number of hydrogen-bond acceptors (Lipinski definition) is 3. The Labute approximate surface area is 397 Å². The van der Waals surface area contributed by atoms with Gasteiger partial charge in [-0.05, 0) is 112 Å². The van der Waals surface area contributed by atoms with Crippen LogP contribution in [0.15, 0.2) is 243 Å². The van der Waals surface area contributed by atoms with Crippen molar-refractivity contribution < 1.29 is 0 Å². The second kappa shape index (κ2) is 15.6. The summed E-state index contributed by atoms with van der Waals surface area (Å²) in [5.41, 5.74) is 18.6. The van der Waals surface area contributed by atoms with Crippen LogP contribution in [0.2, 0.25) is 0 Å². The van der Waals surface area contributed by atoms with E-state index in [0.717, 1.165) is 106 Å². The van der Waals surface area contributed by atoms with Crippen LogP contribution in [0.3, 0.4) is 0 Å². The van der Waals surface area contributed by atoms with Gasteiger partial charge >= 0.3 is 0 Å². The van der Waals surface area contributed by atoms with Gasteiger partial charge in [0.25, 0.3) is 0 Å².